The monoisotopic (exact) mass is 291 g/mol. The van der Waals surface area contributed by atoms with Crippen LogP contribution in [0.25, 0.3) is 0 Å². The van der Waals surface area contributed by atoms with Gasteiger partial charge >= 0.3 is 0 Å². The van der Waals surface area contributed by atoms with Gasteiger partial charge in [0, 0.05) is 32.0 Å². The van der Waals surface area contributed by atoms with Gasteiger partial charge in [-0.25, -0.2) is 4.98 Å². The summed E-state index contributed by atoms with van der Waals surface area (Å²) in [5.41, 5.74) is 5.23. The van der Waals surface area contributed by atoms with E-state index in [1.54, 1.807) is 0 Å². The first-order chi connectivity index (χ1) is 10.2. The van der Waals surface area contributed by atoms with Crippen LogP contribution in [0.3, 0.4) is 0 Å². The van der Waals surface area contributed by atoms with Gasteiger partial charge in [-0.3, -0.25) is 9.69 Å². The van der Waals surface area contributed by atoms with E-state index >= 15 is 0 Å². The number of imidazole rings is 1. The summed E-state index contributed by atoms with van der Waals surface area (Å²) >= 11 is 0. The van der Waals surface area contributed by atoms with E-state index in [0.717, 1.165) is 51.3 Å². The van der Waals surface area contributed by atoms with Crippen LogP contribution in [-0.2, 0) is 17.9 Å². The van der Waals surface area contributed by atoms with Crippen molar-refractivity contribution in [3.63, 3.8) is 0 Å². The molecule has 6 nitrogen and oxygen atoms in total. The van der Waals surface area contributed by atoms with Gasteiger partial charge in [-0.15, -0.1) is 0 Å². The molecule has 6 heteroatoms. The zero-order valence-electron chi connectivity index (χ0n) is 12.7. The summed E-state index contributed by atoms with van der Waals surface area (Å²) in [4.78, 5) is 18.9. The fourth-order valence-corrected chi connectivity index (χ4v) is 3.33. The minimum absolute atomic E-state index is 0.202. The Labute approximate surface area is 125 Å². The number of carbonyl (C=O) groups is 1. The van der Waals surface area contributed by atoms with Crippen molar-refractivity contribution in [3.05, 3.63) is 18.2 Å². The zero-order valence-corrected chi connectivity index (χ0v) is 12.7. The van der Waals surface area contributed by atoms with Crippen LogP contribution in [0.15, 0.2) is 12.4 Å². The predicted molar refractivity (Wildman–Crippen MR) is 80.4 cm³/mol. The van der Waals surface area contributed by atoms with Crippen molar-refractivity contribution >= 4 is 5.91 Å². The third-order valence-corrected chi connectivity index (χ3v) is 4.70. The lowest BCUT2D eigenvalue weighted by molar-refractivity contribution is -0.126. The molecular formula is C15H25N5O. The minimum Gasteiger partial charge on any atom is -0.368 e. The largest absolute Gasteiger partial charge is 0.368 e. The molecule has 1 fully saturated rings. The second kappa shape index (κ2) is 5.77. The van der Waals surface area contributed by atoms with Gasteiger partial charge in [0.05, 0.1) is 6.54 Å². The van der Waals surface area contributed by atoms with Crippen LogP contribution >= 0.6 is 0 Å². The zero-order chi connectivity index (χ0) is 14.9. The van der Waals surface area contributed by atoms with Crippen molar-refractivity contribution in [1.29, 1.82) is 0 Å². The molecular weight excluding hydrogens is 266 g/mol. The van der Waals surface area contributed by atoms with Crippen LogP contribution in [0.4, 0.5) is 0 Å². The number of nitrogens with two attached hydrogens (primary N) is 1. The number of carbonyl (C=O) groups excluding carboxylic acids is 1. The molecule has 1 amide bonds. The highest BCUT2D eigenvalue weighted by molar-refractivity contribution is 5.86. The number of primary amides is 1. The van der Waals surface area contributed by atoms with Gasteiger partial charge in [0.15, 0.2) is 0 Å². The van der Waals surface area contributed by atoms with Crippen molar-refractivity contribution < 1.29 is 4.79 Å². The number of hydrogen-bond acceptors (Lipinski definition) is 4. The van der Waals surface area contributed by atoms with Crippen LogP contribution in [-0.4, -0.2) is 45.5 Å². The molecule has 0 spiro atoms. The fourth-order valence-electron chi connectivity index (χ4n) is 3.33. The Balaban J connectivity index is 1.74. The van der Waals surface area contributed by atoms with E-state index in [0.29, 0.717) is 12.5 Å². The van der Waals surface area contributed by atoms with Gasteiger partial charge < -0.3 is 15.6 Å². The van der Waals surface area contributed by atoms with E-state index in [-0.39, 0.29) is 5.91 Å². The van der Waals surface area contributed by atoms with Gasteiger partial charge in [-0.1, -0.05) is 6.92 Å². The maximum absolute atomic E-state index is 12.2. The molecule has 21 heavy (non-hydrogen) atoms. The lowest BCUT2D eigenvalue weighted by atomic mass is 9.90. The average molecular weight is 291 g/mol. The van der Waals surface area contributed by atoms with Crippen molar-refractivity contribution in [3.8, 4) is 0 Å². The van der Waals surface area contributed by atoms with E-state index < -0.39 is 5.54 Å². The number of nitrogens with one attached hydrogen (secondary N) is 1. The Morgan fingerprint density at radius 2 is 2.33 bits per heavy atom. The quantitative estimate of drug-likeness (QED) is 0.759. The molecule has 1 unspecified atom stereocenters. The lowest BCUT2D eigenvalue weighted by Crippen LogP contribution is -2.63. The summed E-state index contributed by atoms with van der Waals surface area (Å²) in [7, 11) is 0. The molecule has 116 valence electrons. The molecule has 0 bridgehead atoms. The summed E-state index contributed by atoms with van der Waals surface area (Å²) in [6.45, 7) is 6.31. The number of rotatable bonds is 7. The van der Waals surface area contributed by atoms with Crippen molar-refractivity contribution in [1.82, 2.24) is 19.8 Å². The Morgan fingerprint density at radius 3 is 3.00 bits per heavy atom. The van der Waals surface area contributed by atoms with Crippen LogP contribution < -0.4 is 11.1 Å². The molecule has 1 atom stereocenters. The van der Waals surface area contributed by atoms with Gasteiger partial charge in [-0.05, 0) is 31.7 Å². The third kappa shape index (κ3) is 2.82. The highest BCUT2D eigenvalue weighted by atomic mass is 16.1. The molecule has 0 radical (unpaired) electrons. The molecule has 3 N–H and O–H groups in total. The first kappa shape index (κ1) is 14.5. The fraction of sp³-hybridized carbons (Fsp3) is 0.733. The number of amides is 1. The van der Waals surface area contributed by atoms with Crippen LogP contribution in [0.1, 0.15) is 32.0 Å². The van der Waals surface area contributed by atoms with Gasteiger partial charge in [0.1, 0.15) is 11.4 Å². The van der Waals surface area contributed by atoms with Crippen molar-refractivity contribution in [2.75, 3.05) is 19.6 Å². The van der Waals surface area contributed by atoms with Gasteiger partial charge in [-0.2, -0.15) is 0 Å². The topological polar surface area (TPSA) is 76.2 Å². The maximum atomic E-state index is 12.2. The summed E-state index contributed by atoms with van der Waals surface area (Å²) in [5, 5.41) is 3.47. The lowest BCUT2D eigenvalue weighted by Gasteiger charge is -2.38. The first-order valence-corrected chi connectivity index (χ1v) is 7.93. The summed E-state index contributed by atoms with van der Waals surface area (Å²) < 4.78 is 2.18. The molecule has 0 saturated heterocycles. The molecule has 0 aromatic carbocycles. The summed E-state index contributed by atoms with van der Waals surface area (Å²) in [6, 6.07) is 0. The second-order valence-corrected chi connectivity index (χ2v) is 6.28. The van der Waals surface area contributed by atoms with Crippen LogP contribution in [0.2, 0.25) is 0 Å². The first-order valence-electron chi connectivity index (χ1n) is 7.93. The molecule has 1 aliphatic carbocycles. The number of fused-ring (bicyclic) bond motifs is 1. The molecule has 1 saturated carbocycles. The molecule has 3 rings (SSSR count). The highest BCUT2D eigenvalue weighted by Crippen LogP contribution is 2.40. The Bertz CT molecular complexity index is 510. The highest BCUT2D eigenvalue weighted by Gasteiger charge is 2.50. The molecule has 1 aromatic heterocycles. The Hall–Kier alpha value is -1.40. The van der Waals surface area contributed by atoms with Crippen LogP contribution in [0, 0.1) is 5.92 Å². The van der Waals surface area contributed by atoms with Crippen molar-refractivity contribution in [2.24, 2.45) is 11.7 Å². The van der Waals surface area contributed by atoms with E-state index in [2.05, 4.69) is 26.7 Å². The number of hydrogen-bond donors (Lipinski definition) is 2. The Kier molecular flexibility index (Phi) is 3.99. The molecule has 1 aromatic rings. The average Bonchev–Trinajstić information content (AvgIpc) is 3.22. The van der Waals surface area contributed by atoms with E-state index in [1.165, 1.54) is 0 Å². The standard InChI is InChI=1S/C15H25N5O/c1-2-5-18-15(14(16)21,12-3-4-12)11-19-8-9-20-7-6-17-13(20)10-19/h6-7,12,18H,2-5,8-11H2,1H3,(H2,16,21). The normalized spacial score (nSPS) is 21.8. The SMILES string of the molecule is CCCNC(CN1CCn2ccnc2C1)(C(N)=O)C1CC1. The third-order valence-electron chi connectivity index (χ3n) is 4.70. The smallest absolute Gasteiger partial charge is 0.239 e. The van der Waals surface area contributed by atoms with Gasteiger partial charge in [0.25, 0.3) is 0 Å². The Morgan fingerprint density at radius 1 is 1.52 bits per heavy atom. The number of nitrogens with zero attached hydrogens (tertiary/aromatic N) is 3. The van der Waals surface area contributed by atoms with Crippen molar-refractivity contribution in [2.45, 2.75) is 44.8 Å². The summed E-state index contributed by atoms with van der Waals surface area (Å²) in [5.74, 6) is 1.27. The molecule has 1 aliphatic heterocycles. The molecule has 2 aliphatic rings. The van der Waals surface area contributed by atoms with E-state index in [9.17, 15) is 4.79 Å². The number of aromatic nitrogens is 2. The summed E-state index contributed by atoms with van der Waals surface area (Å²) in [6.07, 6.45) is 7.07. The maximum Gasteiger partial charge on any atom is 0.239 e. The molecule has 2 heterocycles. The minimum atomic E-state index is -0.565. The van der Waals surface area contributed by atoms with Crippen LogP contribution in [0.5, 0.6) is 0 Å². The predicted octanol–water partition coefficient (Wildman–Crippen LogP) is 0.332. The van der Waals surface area contributed by atoms with Gasteiger partial charge in [0.2, 0.25) is 5.91 Å². The second-order valence-electron chi connectivity index (χ2n) is 6.28. The van der Waals surface area contributed by atoms with E-state index in [4.69, 9.17) is 5.73 Å². The van der Waals surface area contributed by atoms with E-state index in [1.807, 2.05) is 12.4 Å².